The summed E-state index contributed by atoms with van der Waals surface area (Å²) in [5, 5.41) is 4.85. The maximum Gasteiger partial charge on any atom is 0.224 e. The van der Waals surface area contributed by atoms with Crippen LogP contribution in [0.1, 0.15) is 17.5 Å². The van der Waals surface area contributed by atoms with Gasteiger partial charge in [0.25, 0.3) is 0 Å². The van der Waals surface area contributed by atoms with E-state index < -0.39 is 0 Å². The second-order valence-electron chi connectivity index (χ2n) is 7.65. The lowest BCUT2D eigenvalue weighted by molar-refractivity contribution is -0.133. The van der Waals surface area contributed by atoms with Crippen LogP contribution in [0, 0.1) is 6.92 Å². The topological polar surface area (TPSA) is 58.4 Å². The summed E-state index contributed by atoms with van der Waals surface area (Å²) in [6.07, 6.45) is 1.72. The summed E-state index contributed by atoms with van der Waals surface area (Å²) < 4.78 is 1.75. The number of piperazine rings is 1. The Bertz CT molecular complexity index is 1070. The summed E-state index contributed by atoms with van der Waals surface area (Å²) >= 11 is 0. The van der Waals surface area contributed by atoms with Crippen molar-refractivity contribution in [2.45, 2.75) is 26.4 Å². The zero-order valence-corrected chi connectivity index (χ0v) is 16.8. The molecule has 1 aliphatic heterocycles. The van der Waals surface area contributed by atoms with Gasteiger partial charge in [-0.2, -0.15) is 5.10 Å². The second-order valence-corrected chi connectivity index (χ2v) is 7.65. The number of aromatic nitrogens is 2. The molecule has 29 heavy (non-hydrogen) atoms. The van der Waals surface area contributed by atoms with Gasteiger partial charge in [-0.15, -0.1) is 0 Å². The Morgan fingerprint density at radius 2 is 1.83 bits per heavy atom. The predicted octanol–water partition coefficient (Wildman–Crippen LogP) is 2.44. The average molecular weight is 390 g/mol. The number of para-hydroxylation sites is 1. The maximum atomic E-state index is 12.7. The van der Waals surface area contributed by atoms with Gasteiger partial charge in [0.2, 0.25) is 11.3 Å². The highest BCUT2D eigenvalue weighted by Crippen LogP contribution is 2.12. The zero-order valence-electron chi connectivity index (χ0n) is 16.8. The lowest BCUT2D eigenvalue weighted by atomic mass is 10.1. The first-order valence-electron chi connectivity index (χ1n) is 10.1. The molecule has 1 aromatic heterocycles. The molecular formula is C23H26N4O2. The largest absolute Gasteiger partial charge is 0.340 e. The standard InChI is InChI=1S/C23H26N4O2/c1-18-5-4-6-19(15-18)17-25-11-13-26(14-12-25)23(29)9-10-27-21-8-3-2-7-20(21)22(28)16-24-27/h2-8,15-16H,9-14,17H2,1H3. The van der Waals surface area contributed by atoms with Crippen LogP contribution in [0.15, 0.2) is 59.5 Å². The van der Waals surface area contributed by atoms with Gasteiger partial charge in [-0.05, 0) is 24.6 Å². The van der Waals surface area contributed by atoms with E-state index in [0.717, 1.165) is 38.2 Å². The van der Waals surface area contributed by atoms with Crippen LogP contribution in [-0.2, 0) is 17.9 Å². The number of amides is 1. The fourth-order valence-electron chi connectivity index (χ4n) is 3.92. The van der Waals surface area contributed by atoms with Crippen LogP contribution in [0.2, 0.25) is 0 Å². The number of rotatable bonds is 5. The molecule has 0 radical (unpaired) electrons. The number of carbonyl (C=O) groups excluding carboxylic acids is 1. The molecule has 3 aromatic rings. The van der Waals surface area contributed by atoms with Crippen LogP contribution in [0.3, 0.4) is 0 Å². The predicted molar refractivity (Wildman–Crippen MR) is 114 cm³/mol. The van der Waals surface area contributed by atoms with Crippen LogP contribution in [0.25, 0.3) is 10.9 Å². The highest BCUT2D eigenvalue weighted by molar-refractivity contribution is 5.79. The molecule has 4 rings (SSSR count). The number of carbonyl (C=O) groups is 1. The minimum Gasteiger partial charge on any atom is -0.340 e. The van der Waals surface area contributed by atoms with Gasteiger partial charge in [0.1, 0.15) is 0 Å². The Morgan fingerprint density at radius 3 is 2.62 bits per heavy atom. The van der Waals surface area contributed by atoms with Crippen molar-refractivity contribution in [2.24, 2.45) is 0 Å². The summed E-state index contributed by atoms with van der Waals surface area (Å²) in [5.74, 6) is 0.143. The third-order valence-electron chi connectivity index (χ3n) is 5.51. The van der Waals surface area contributed by atoms with Crippen LogP contribution < -0.4 is 5.43 Å². The second kappa shape index (κ2) is 8.57. The number of benzene rings is 2. The Balaban J connectivity index is 1.32. The van der Waals surface area contributed by atoms with Crippen LogP contribution in [-0.4, -0.2) is 51.7 Å². The summed E-state index contributed by atoms with van der Waals surface area (Å²) in [4.78, 5) is 29.0. The molecule has 0 bridgehead atoms. The van der Waals surface area contributed by atoms with E-state index in [2.05, 4.69) is 41.2 Å². The van der Waals surface area contributed by atoms with E-state index in [4.69, 9.17) is 0 Å². The van der Waals surface area contributed by atoms with E-state index in [9.17, 15) is 9.59 Å². The monoisotopic (exact) mass is 390 g/mol. The summed E-state index contributed by atoms with van der Waals surface area (Å²) in [7, 11) is 0. The van der Waals surface area contributed by atoms with E-state index >= 15 is 0 Å². The van der Waals surface area contributed by atoms with Gasteiger partial charge in [-0.25, -0.2) is 0 Å². The van der Waals surface area contributed by atoms with E-state index in [1.807, 2.05) is 23.1 Å². The fraction of sp³-hybridized carbons (Fsp3) is 0.348. The highest BCUT2D eigenvalue weighted by Gasteiger charge is 2.21. The van der Waals surface area contributed by atoms with Crippen LogP contribution in [0.5, 0.6) is 0 Å². The van der Waals surface area contributed by atoms with Crippen molar-refractivity contribution in [3.63, 3.8) is 0 Å². The lowest BCUT2D eigenvalue weighted by Gasteiger charge is -2.35. The zero-order chi connectivity index (χ0) is 20.2. The fourth-order valence-corrected chi connectivity index (χ4v) is 3.92. The molecule has 2 heterocycles. The van der Waals surface area contributed by atoms with Gasteiger partial charge in [0.05, 0.1) is 18.3 Å². The number of fused-ring (bicyclic) bond motifs is 1. The lowest BCUT2D eigenvalue weighted by Crippen LogP contribution is -2.48. The maximum absolute atomic E-state index is 12.7. The van der Waals surface area contributed by atoms with Gasteiger partial charge in [0, 0.05) is 44.5 Å². The van der Waals surface area contributed by atoms with E-state index in [1.54, 1.807) is 10.7 Å². The quantitative estimate of drug-likeness (QED) is 0.671. The van der Waals surface area contributed by atoms with Crippen molar-refractivity contribution in [3.8, 4) is 0 Å². The molecule has 1 fully saturated rings. The number of nitrogens with zero attached hydrogens (tertiary/aromatic N) is 4. The molecule has 1 amide bonds. The molecule has 6 nitrogen and oxygen atoms in total. The van der Waals surface area contributed by atoms with Crippen molar-refractivity contribution in [1.82, 2.24) is 19.6 Å². The molecule has 0 spiro atoms. The highest BCUT2D eigenvalue weighted by atomic mass is 16.2. The van der Waals surface area contributed by atoms with Crippen molar-refractivity contribution in [1.29, 1.82) is 0 Å². The van der Waals surface area contributed by atoms with Crippen molar-refractivity contribution >= 4 is 16.8 Å². The third-order valence-corrected chi connectivity index (χ3v) is 5.51. The Morgan fingerprint density at radius 1 is 1.03 bits per heavy atom. The number of aryl methyl sites for hydroxylation is 2. The van der Waals surface area contributed by atoms with Gasteiger partial charge in [-0.1, -0.05) is 42.0 Å². The molecule has 1 saturated heterocycles. The summed E-state index contributed by atoms with van der Waals surface area (Å²) in [5.41, 5.74) is 3.28. The number of hydrogen-bond acceptors (Lipinski definition) is 4. The van der Waals surface area contributed by atoms with Crippen LogP contribution >= 0.6 is 0 Å². The summed E-state index contributed by atoms with van der Waals surface area (Å²) in [6.45, 7) is 6.80. The average Bonchev–Trinajstić information content (AvgIpc) is 2.74. The molecule has 0 atom stereocenters. The first-order valence-corrected chi connectivity index (χ1v) is 10.1. The molecule has 150 valence electrons. The molecule has 0 saturated carbocycles. The normalized spacial score (nSPS) is 15.0. The minimum absolute atomic E-state index is 0.0899. The molecule has 0 aliphatic carbocycles. The molecular weight excluding hydrogens is 364 g/mol. The summed E-state index contributed by atoms with van der Waals surface area (Å²) in [6, 6.07) is 16.0. The van der Waals surface area contributed by atoms with Crippen molar-refractivity contribution in [3.05, 3.63) is 76.1 Å². The van der Waals surface area contributed by atoms with Crippen LogP contribution in [0.4, 0.5) is 0 Å². The Hall–Kier alpha value is -2.99. The van der Waals surface area contributed by atoms with E-state index in [1.165, 1.54) is 17.3 Å². The van der Waals surface area contributed by atoms with Crippen molar-refractivity contribution in [2.75, 3.05) is 26.2 Å². The number of hydrogen-bond donors (Lipinski definition) is 0. The Labute approximate surface area is 170 Å². The third kappa shape index (κ3) is 4.54. The van der Waals surface area contributed by atoms with Gasteiger partial charge in [-0.3, -0.25) is 19.2 Å². The van der Waals surface area contributed by atoms with E-state index in [-0.39, 0.29) is 11.3 Å². The molecule has 0 unspecified atom stereocenters. The smallest absolute Gasteiger partial charge is 0.224 e. The Kier molecular flexibility index (Phi) is 5.71. The van der Waals surface area contributed by atoms with Crippen molar-refractivity contribution < 1.29 is 4.79 Å². The molecule has 0 N–H and O–H groups in total. The van der Waals surface area contributed by atoms with Gasteiger partial charge in [0.15, 0.2) is 0 Å². The SMILES string of the molecule is Cc1cccc(CN2CCN(C(=O)CCn3ncc(=O)c4ccccc43)CC2)c1. The molecule has 2 aromatic carbocycles. The molecule has 6 heteroatoms. The van der Waals surface area contributed by atoms with Gasteiger partial charge < -0.3 is 4.90 Å². The molecule has 1 aliphatic rings. The van der Waals surface area contributed by atoms with Gasteiger partial charge >= 0.3 is 0 Å². The first-order chi connectivity index (χ1) is 14.1. The van der Waals surface area contributed by atoms with E-state index in [0.29, 0.717) is 18.4 Å². The first kappa shape index (κ1) is 19.3. The minimum atomic E-state index is -0.0899.